The molecular weight excluding hydrogens is 558 g/mol. The minimum absolute atomic E-state index is 0.108. The van der Waals surface area contributed by atoms with Gasteiger partial charge in [0.05, 0.1) is 18.4 Å². The highest BCUT2D eigenvalue weighted by Gasteiger charge is 2.08. The van der Waals surface area contributed by atoms with Crippen molar-refractivity contribution in [1.82, 2.24) is 5.43 Å². The first-order valence-corrected chi connectivity index (χ1v) is 9.59. The molecule has 0 spiro atoms. The first-order valence-electron chi connectivity index (χ1n) is 6.41. The molecule has 0 aliphatic heterocycles. The average molecular weight is 569 g/mol. The molecule has 0 saturated heterocycles. The summed E-state index contributed by atoms with van der Waals surface area (Å²) in [5.41, 5.74) is 4.19. The fourth-order valence-corrected chi connectivity index (χ4v) is 4.45. The molecule has 0 atom stereocenters. The number of hydrogen-bond acceptors (Lipinski definition) is 3. The second kappa shape index (κ2) is 8.96. The van der Waals surface area contributed by atoms with Crippen LogP contribution in [0.4, 0.5) is 5.69 Å². The van der Waals surface area contributed by atoms with Gasteiger partial charge in [-0.15, -0.1) is 0 Å². The number of benzene rings is 2. The number of hydrogen-bond donors (Lipinski definition) is 2. The van der Waals surface area contributed by atoms with Gasteiger partial charge in [0.15, 0.2) is 0 Å². The van der Waals surface area contributed by atoms with Crippen LogP contribution < -0.4 is 10.7 Å². The van der Waals surface area contributed by atoms with Gasteiger partial charge < -0.3 is 5.32 Å². The van der Waals surface area contributed by atoms with E-state index in [4.69, 9.17) is 0 Å². The number of nitrogens with zero attached hydrogens (tertiary/aromatic N) is 1. The molecule has 23 heavy (non-hydrogen) atoms. The van der Waals surface area contributed by atoms with Crippen LogP contribution in [-0.2, 0) is 4.79 Å². The number of halogens is 4. The van der Waals surface area contributed by atoms with Crippen LogP contribution in [0.5, 0.6) is 0 Å². The second-order valence-electron chi connectivity index (χ2n) is 4.44. The Morgan fingerprint density at radius 2 is 1.61 bits per heavy atom. The van der Waals surface area contributed by atoms with Crippen LogP contribution in [0, 0.1) is 0 Å². The van der Waals surface area contributed by atoms with E-state index in [-0.39, 0.29) is 12.5 Å². The zero-order valence-corrected chi connectivity index (χ0v) is 18.0. The lowest BCUT2D eigenvalue weighted by molar-refractivity contribution is -0.119. The third kappa shape index (κ3) is 6.02. The van der Waals surface area contributed by atoms with E-state index in [1.54, 1.807) is 6.21 Å². The summed E-state index contributed by atoms with van der Waals surface area (Å²) in [6.45, 7) is 0.108. The molecule has 0 aliphatic carbocycles. The van der Waals surface area contributed by atoms with Crippen LogP contribution >= 0.6 is 63.7 Å². The summed E-state index contributed by atoms with van der Waals surface area (Å²) in [6, 6.07) is 11.4. The fraction of sp³-hybridized carbons (Fsp3) is 0.0667. The van der Waals surface area contributed by atoms with Crippen molar-refractivity contribution in [3.8, 4) is 0 Å². The zero-order chi connectivity index (χ0) is 16.8. The maximum atomic E-state index is 11.8. The summed E-state index contributed by atoms with van der Waals surface area (Å²) in [6.07, 6.45) is 1.59. The number of carbonyl (C=O) groups is 1. The Morgan fingerprint density at radius 3 is 2.22 bits per heavy atom. The predicted octanol–water partition coefficient (Wildman–Crippen LogP) is 5.30. The molecule has 0 radical (unpaired) electrons. The second-order valence-corrected chi connectivity index (χ2v) is 7.98. The number of rotatable bonds is 5. The van der Waals surface area contributed by atoms with Gasteiger partial charge >= 0.3 is 0 Å². The molecule has 2 aromatic carbocycles. The predicted molar refractivity (Wildman–Crippen MR) is 108 cm³/mol. The molecule has 120 valence electrons. The lowest BCUT2D eigenvalue weighted by Gasteiger charge is -2.10. The van der Waals surface area contributed by atoms with Crippen molar-refractivity contribution in [2.75, 3.05) is 11.9 Å². The summed E-state index contributed by atoms with van der Waals surface area (Å²) < 4.78 is 3.63. The standard InChI is InChI=1S/C15H11Br4N3O/c16-10-3-1-9(2-4-10)7-21-22-14(23)8-20-15-12(18)5-11(17)6-13(15)19/h1-7,20H,8H2,(H,22,23). The lowest BCUT2D eigenvalue weighted by atomic mass is 10.2. The van der Waals surface area contributed by atoms with Crippen molar-refractivity contribution in [2.45, 2.75) is 0 Å². The first kappa shape index (κ1) is 18.6. The molecular formula is C15H11Br4N3O. The molecule has 0 heterocycles. The van der Waals surface area contributed by atoms with Gasteiger partial charge in [0.1, 0.15) is 0 Å². The third-order valence-electron chi connectivity index (χ3n) is 2.71. The number of amides is 1. The smallest absolute Gasteiger partial charge is 0.259 e. The molecule has 0 bridgehead atoms. The molecule has 0 fully saturated rings. The highest BCUT2D eigenvalue weighted by atomic mass is 79.9. The molecule has 0 aromatic heterocycles. The van der Waals surface area contributed by atoms with Crippen molar-refractivity contribution < 1.29 is 4.79 Å². The Bertz CT molecular complexity index is 709. The van der Waals surface area contributed by atoms with Crippen LogP contribution in [0.1, 0.15) is 5.56 Å². The molecule has 4 nitrogen and oxygen atoms in total. The van der Waals surface area contributed by atoms with E-state index in [1.165, 1.54) is 0 Å². The van der Waals surface area contributed by atoms with Crippen molar-refractivity contribution >= 4 is 81.5 Å². The Morgan fingerprint density at radius 1 is 1.00 bits per heavy atom. The van der Waals surface area contributed by atoms with Crippen molar-refractivity contribution in [2.24, 2.45) is 5.10 Å². The quantitative estimate of drug-likeness (QED) is 0.380. The molecule has 2 aromatic rings. The van der Waals surface area contributed by atoms with Crippen molar-refractivity contribution in [3.63, 3.8) is 0 Å². The van der Waals surface area contributed by atoms with Gasteiger partial charge in [0.25, 0.3) is 5.91 Å². The topological polar surface area (TPSA) is 53.5 Å². The molecule has 1 amide bonds. The highest BCUT2D eigenvalue weighted by Crippen LogP contribution is 2.34. The maximum absolute atomic E-state index is 11.8. The first-order chi connectivity index (χ1) is 11.0. The zero-order valence-electron chi connectivity index (χ0n) is 11.6. The van der Waals surface area contributed by atoms with Crippen LogP contribution in [0.15, 0.2) is 59.4 Å². The van der Waals surface area contributed by atoms with Crippen LogP contribution in [0.3, 0.4) is 0 Å². The van der Waals surface area contributed by atoms with Gasteiger partial charge in [-0.1, -0.05) is 44.0 Å². The fourth-order valence-electron chi connectivity index (χ4n) is 1.65. The van der Waals surface area contributed by atoms with E-state index < -0.39 is 0 Å². The molecule has 2 N–H and O–H groups in total. The minimum Gasteiger partial charge on any atom is -0.374 e. The van der Waals surface area contributed by atoms with E-state index in [1.807, 2.05) is 36.4 Å². The van der Waals surface area contributed by atoms with E-state index in [0.717, 1.165) is 29.1 Å². The van der Waals surface area contributed by atoms with Crippen molar-refractivity contribution in [1.29, 1.82) is 0 Å². The third-order valence-corrected chi connectivity index (χ3v) is 4.94. The summed E-state index contributed by atoms with van der Waals surface area (Å²) in [5, 5.41) is 6.99. The normalized spacial score (nSPS) is 10.8. The Kier molecular flexibility index (Phi) is 7.26. The number of carbonyl (C=O) groups excluding carboxylic acids is 1. The lowest BCUT2D eigenvalue weighted by Crippen LogP contribution is -2.26. The van der Waals surface area contributed by atoms with Crippen LogP contribution in [-0.4, -0.2) is 18.7 Å². The monoisotopic (exact) mass is 565 g/mol. The molecule has 0 saturated carbocycles. The molecule has 8 heteroatoms. The van der Waals surface area contributed by atoms with Gasteiger partial charge in [-0.3, -0.25) is 4.79 Å². The number of nitrogens with one attached hydrogen (secondary N) is 2. The summed E-state index contributed by atoms with van der Waals surface area (Å²) in [5.74, 6) is -0.236. The largest absolute Gasteiger partial charge is 0.374 e. The molecule has 0 unspecified atom stereocenters. The summed E-state index contributed by atoms with van der Waals surface area (Å²) in [7, 11) is 0. The van der Waals surface area contributed by atoms with E-state index >= 15 is 0 Å². The van der Waals surface area contributed by atoms with Gasteiger partial charge in [-0.25, -0.2) is 5.43 Å². The highest BCUT2D eigenvalue weighted by molar-refractivity contribution is 9.11. The van der Waals surface area contributed by atoms with Crippen LogP contribution in [0.25, 0.3) is 0 Å². The number of hydrazone groups is 1. The average Bonchev–Trinajstić information content (AvgIpc) is 2.48. The van der Waals surface area contributed by atoms with Gasteiger partial charge in [0.2, 0.25) is 0 Å². The SMILES string of the molecule is O=C(CNc1c(Br)cc(Br)cc1Br)NN=Cc1ccc(Br)cc1. The Hall–Kier alpha value is -0.700. The summed E-state index contributed by atoms with van der Waals surface area (Å²) in [4.78, 5) is 11.8. The van der Waals surface area contributed by atoms with E-state index in [0.29, 0.717) is 0 Å². The van der Waals surface area contributed by atoms with Gasteiger partial charge in [-0.2, -0.15) is 5.10 Å². The van der Waals surface area contributed by atoms with E-state index in [9.17, 15) is 4.79 Å². The minimum atomic E-state index is -0.236. The molecule has 0 aliphatic rings. The van der Waals surface area contributed by atoms with E-state index in [2.05, 4.69) is 79.6 Å². The molecule has 2 rings (SSSR count). The van der Waals surface area contributed by atoms with Crippen LogP contribution in [0.2, 0.25) is 0 Å². The Labute approximate surface area is 167 Å². The summed E-state index contributed by atoms with van der Waals surface area (Å²) >= 11 is 13.7. The Balaban J connectivity index is 1.87. The van der Waals surface area contributed by atoms with Crippen molar-refractivity contribution in [3.05, 3.63) is 59.9 Å². The van der Waals surface area contributed by atoms with Gasteiger partial charge in [-0.05, 0) is 61.7 Å². The number of anilines is 1. The maximum Gasteiger partial charge on any atom is 0.259 e. The van der Waals surface area contributed by atoms with Gasteiger partial charge in [0, 0.05) is 17.9 Å².